The molecule has 1 aromatic carbocycles. The van der Waals surface area contributed by atoms with Gasteiger partial charge >= 0.3 is 11.9 Å². The van der Waals surface area contributed by atoms with Gasteiger partial charge in [0.1, 0.15) is 25.4 Å². The summed E-state index contributed by atoms with van der Waals surface area (Å²) in [6.07, 6.45) is -2.96. The normalized spacial score (nSPS) is 14.7. The van der Waals surface area contributed by atoms with E-state index in [2.05, 4.69) is 13.2 Å². The number of benzene rings is 1. The highest BCUT2D eigenvalue weighted by Crippen LogP contribution is 2.23. The minimum absolute atomic E-state index is 0.161. The Hall–Kier alpha value is -2.52. The van der Waals surface area contributed by atoms with Crippen LogP contribution in [0.25, 0.3) is 0 Å². The summed E-state index contributed by atoms with van der Waals surface area (Å²) in [5.74, 6) is -1.44. The van der Waals surface area contributed by atoms with E-state index in [9.17, 15) is 19.8 Å². The van der Waals surface area contributed by atoms with Gasteiger partial charge in [-0.1, -0.05) is 50.4 Å². The van der Waals surface area contributed by atoms with Gasteiger partial charge in [0, 0.05) is 17.1 Å². The molecule has 8 nitrogen and oxygen atoms in total. The molecule has 1 aromatic rings. The highest BCUT2D eigenvalue weighted by molar-refractivity contribution is 5.87. The molecule has 3 unspecified atom stereocenters. The van der Waals surface area contributed by atoms with E-state index in [4.69, 9.17) is 18.9 Å². The summed E-state index contributed by atoms with van der Waals surface area (Å²) in [7, 11) is 0. The fourth-order valence-corrected chi connectivity index (χ4v) is 2.35. The molecule has 0 saturated heterocycles. The van der Waals surface area contributed by atoms with Gasteiger partial charge in [-0.2, -0.15) is 0 Å². The summed E-state index contributed by atoms with van der Waals surface area (Å²) < 4.78 is 21.2. The number of aliphatic hydroxyl groups excluding tert-OH is 2. The summed E-state index contributed by atoms with van der Waals surface area (Å²) >= 11 is 0. The molecular weight excluding hydrogens is 404 g/mol. The topological polar surface area (TPSA) is 112 Å². The first-order valence-corrected chi connectivity index (χ1v) is 9.91. The van der Waals surface area contributed by atoms with E-state index in [-0.39, 0.29) is 43.5 Å². The molecule has 0 aliphatic carbocycles. The molecule has 8 heteroatoms. The zero-order valence-electron chi connectivity index (χ0n) is 18.3. The van der Waals surface area contributed by atoms with Crippen LogP contribution in [0.2, 0.25) is 0 Å². The van der Waals surface area contributed by atoms with Crippen LogP contribution >= 0.6 is 0 Å². The lowest BCUT2D eigenvalue weighted by atomic mass is 10.0. The first-order valence-electron chi connectivity index (χ1n) is 9.91. The van der Waals surface area contributed by atoms with Crippen molar-refractivity contribution in [1.82, 2.24) is 0 Å². The maximum absolute atomic E-state index is 11.4. The Kier molecular flexibility index (Phi) is 11.7. The number of hydrogen-bond acceptors (Lipinski definition) is 8. The lowest BCUT2D eigenvalue weighted by Crippen LogP contribution is -2.34. The third-order valence-electron chi connectivity index (χ3n) is 4.15. The van der Waals surface area contributed by atoms with Gasteiger partial charge in [0.15, 0.2) is 6.29 Å². The van der Waals surface area contributed by atoms with E-state index in [0.29, 0.717) is 0 Å². The summed E-state index contributed by atoms with van der Waals surface area (Å²) in [6.45, 7) is 11.0. The molecule has 0 radical (unpaired) electrons. The highest BCUT2D eigenvalue weighted by Gasteiger charge is 2.24. The number of carbonyl (C=O) groups is 2. The van der Waals surface area contributed by atoms with Gasteiger partial charge in [-0.05, 0) is 19.4 Å². The quantitative estimate of drug-likeness (QED) is 0.259. The van der Waals surface area contributed by atoms with Crippen LogP contribution in [0.4, 0.5) is 0 Å². The van der Waals surface area contributed by atoms with E-state index in [0.717, 1.165) is 5.56 Å². The van der Waals surface area contributed by atoms with Crippen LogP contribution in [0, 0.1) is 0 Å². The molecule has 2 N–H and O–H groups in total. The van der Waals surface area contributed by atoms with Gasteiger partial charge in [-0.25, -0.2) is 9.59 Å². The summed E-state index contributed by atoms with van der Waals surface area (Å²) in [5, 5.41) is 20.1. The van der Waals surface area contributed by atoms with Crippen molar-refractivity contribution in [1.29, 1.82) is 0 Å². The minimum Gasteiger partial charge on any atom is -0.460 e. The van der Waals surface area contributed by atoms with Crippen molar-refractivity contribution in [2.45, 2.75) is 45.2 Å². The van der Waals surface area contributed by atoms with Crippen LogP contribution in [0.5, 0.6) is 0 Å². The molecule has 0 heterocycles. The highest BCUT2D eigenvalue weighted by atomic mass is 16.7. The van der Waals surface area contributed by atoms with E-state index in [1.165, 1.54) is 13.8 Å². The molecule has 1 rings (SSSR count). The molecule has 0 aliphatic rings. The molecule has 0 fully saturated rings. The molecule has 0 amide bonds. The average molecular weight is 437 g/mol. The smallest absolute Gasteiger partial charge is 0.333 e. The minimum atomic E-state index is -1.07. The number of rotatable bonds is 14. The summed E-state index contributed by atoms with van der Waals surface area (Å²) in [5.41, 5.74) is 1.39. The standard InChI is InChI=1S/C23H32O8/c1-15(2)21(26)28-11-19(24)13-30-23(17(5)18-9-7-6-8-10-18)31-14-20(25)12-29-22(27)16(3)4/h6-10,17,19-20,23-25H,1,3,11-14H2,2,4-5H3. The van der Waals surface area contributed by atoms with Crippen molar-refractivity contribution >= 4 is 11.9 Å². The van der Waals surface area contributed by atoms with E-state index in [1.54, 1.807) is 0 Å². The molecule has 172 valence electrons. The Morgan fingerprint density at radius 2 is 1.26 bits per heavy atom. The summed E-state index contributed by atoms with van der Waals surface area (Å²) in [6, 6.07) is 9.44. The second kappa shape index (κ2) is 13.7. The van der Waals surface area contributed by atoms with Crippen molar-refractivity contribution in [3.8, 4) is 0 Å². The molecule has 0 bridgehead atoms. The van der Waals surface area contributed by atoms with Gasteiger partial charge in [0.25, 0.3) is 0 Å². The monoisotopic (exact) mass is 436 g/mol. The summed E-state index contributed by atoms with van der Waals surface area (Å²) in [4.78, 5) is 22.9. The fourth-order valence-electron chi connectivity index (χ4n) is 2.35. The largest absolute Gasteiger partial charge is 0.460 e. The molecule has 0 aliphatic heterocycles. The zero-order chi connectivity index (χ0) is 23.4. The molecule has 0 saturated carbocycles. The average Bonchev–Trinajstić information content (AvgIpc) is 2.75. The number of esters is 2. The lowest BCUT2D eigenvalue weighted by molar-refractivity contribution is -0.187. The first kappa shape index (κ1) is 26.5. The third kappa shape index (κ3) is 10.4. The second-order valence-electron chi connectivity index (χ2n) is 7.30. The number of carbonyl (C=O) groups excluding carboxylic acids is 2. The van der Waals surface area contributed by atoms with Gasteiger partial charge in [-0.3, -0.25) is 0 Å². The van der Waals surface area contributed by atoms with Gasteiger partial charge < -0.3 is 29.2 Å². The second-order valence-corrected chi connectivity index (χ2v) is 7.30. The predicted molar refractivity (Wildman–Crippen MR) is 114 cm³/mol. The van der Waals surface area contributed by atoms with E-state index >= 15 is 0 Å². The Labute approximate surface area is 183 Å². The maximum Gasteiger partial charge on any atom is 0.333 e. The van der Waals surface area contributed by atoms with Crippen molar-refractivity contribution in [2.24, 2.45) is 0 Å². The number of aliphatic hydroxyl groups is 2. The van der Waals surface area contributed by atoms with Crippen LogP contribution in [0.1, 0.15) is 32.3 Å². The lowest BCUT2D eigenvalue weighted by Gasteiger charge is -2.27. The Morgan fingerprint density at radius 3 is 1.65 bits per heavy atom. The van der Waals surface area contributed by atoms with Crippen LogP contribution in [0.15, 0.2) is 54.6 Å². The van der Waals surface area contributed by atoms with Crippen molar-refractivity contribution in [3.63, 3.8) is 0 Å². The van der Waals surface area contributed by atoms with E-state index < -0.39 is 30.4 Å². The molecule has 0 aromatic heterocycles. The van der Waals surface area contributed by atoms with E-state index in [1.807, 2.05) is 37.3 Å². The Morgan fingerprint density at radius 1 is 0.839 bits per heavy atom. The van der Waals surface area contributed by atoms with Gasteiger partial charge in [0.2, 0.25) is 0 Å². The number of hydrogen-bond donors (Lipinski definition) is 2. The third-order valence-corrected chi connectivity index (χ3v) is 4.15. The van der Waals surface area contributed by atoms with Crippen molar-refractivity contribution in [2.75, 3.05) is 26.4 Å². The van der Waals surface area contributed by atoms with Crippen LogP contribution in [-0.4, -0.2) is 67.1 Å². The zero-order valence-corrected chi connectivity index (χ0v) is 18.3. The maximum atomic E-state index is 11.4. The van der Waals surface area contributed by atoms with Crippen LogP contribution in [0.3, 0.4) is 0 Å². The Bertz CT molecular complexity index is 690. The molecule has 31 heavy (non-hydrogen) atoms. The van der Waals surface area contributed by atoms with Crippen molar-refractivity contribution < 1.29 is 38.7 Å². The first-order chi connectivity index (χ1) is 14.6. The van der Waals surface area contributed by atoms with Crippen LogP contribution < -0.4 is 0 Å². The van der Waals surface area contributed by atoms with Gasteiger partial charge in [-0.15, -0.1) is 0 Å². The fraction of sp³-hybridized carbons (Fsp3) is 0.478. The molecule has 0 spiro atoms. The number of ether oxygens (including phenoxy) is 4. The van der Waals surface area contributed by atoms with Crippen LogP contribution in [-0.2, 0) is 28.5 Å². The van der Waals surface area contributed by atoms with Gasteiger partial charge in [0.05, 0.1) is 13.2 Å². The Balaban J connectivity index is 2.65. The van der Waals surface area contributed by atoms with Crippen molar-refractivity contribution in [3.05, 3.63) is 60.2 Å². The SMILES string of the molecule is C=C(C)C(=O)OCC(O)COC(OCC(O)COC(=O)C(=C)C)C(C)c1ccccc1. The molecule has 3 atom stereocenters. The molecular formula is C23H32O8. The predicted octanol–water partition coefficient (Wildman–Crippen LogP) is 2.11.